The zero-order valence-electron chi connectivity index (χ0n) is 12.1. The van der Waals surface area contributed by atoms with Crippen molar-refractivity contribution in [2.75, 3.05) is 13.6 Å². The highest BCUT2D eigenvalue weighted by atomic mass is 16.4. The van der Waals surface area contributed by atoms with E-state index in [1.807, 2.05) is 16.8 Å². The summed E-state index contributed by atoms with van der Waals surface area (Å²) in [6.45, 7) is 4.86. The lowest BCUT2D eigenvalue weighted by Crippen LogP contribution is -2.67. The number of carboxylic acid groups (broad SMARTS) is 1. The van der Waals surface area contributed by atoms with Crippen LogP contribution in [0.5, 0.6) is 0 Å². The van der Waals surface area contributed by atoms with Crippen molar-refractivity contribution in [3.05, 3.63) is 0 Å². The first kappa shape index (κ1) is 14.3. The minimum atomic E-state index is -0.908. The number of carbonyl (C=O) groups excluding carboxylic acids is 1. The summed E-state index contributed by atoms with van der Waals surface area (Å²) >= 11 is 0. The SMILES string of the molecule is CN1C(CC(=O)O)C(=O)N(C2CCCC2)CC1(C)C. The molecule has 0 aromatic heterocycles. The Morgan fingerprint density at radius 1 is 1.37 bits per heavy atom. The molecule has 5 heteroatoms. The van der Waals surface area contributed by atoms with Crippen molar-refractivity contribution in [1.82, 2.24) is 9.80 Å². The molecule has 1 atom stereocenters. The van der Waals surface area contributed by atoms with Gasteiger partial charge in [-0.05, 0) is 33.7 Å². The fraction of sp³-hybridized carbons (Fsp3) is 0.857. The van der Waals surface area contributed by atoms with E-state index in [4.69, 9.17) is 5.11 Å². The molecule has 108 valence electrons. The fourth-order valence-electron chi connectivity index (χ4n) is 3.30. The van der Waals surface area contributed by atoms with Gasteiger partial charge in [0, 0.05) is 18.1 Å². The summed E-state index contributed by atoms with van der Waals surface area (Å²) < 4.78 is 0. The normalized spacial score (nSPS) is 28.9. The number of hydrogen-bond donors (Lipinski definition) is 1. The van der Waals surface area contributed by atoms with Gasteiger partial charge in [-0.2, -0.15) is 0 Å². The monoisotopic (exact) mass is 268 g/mol. The van der Waals surface area contributed by atoms with Gasteiger partial charge in [0.05, 0.1) is 6.42 Å². The van der Waals surface area contributed by atoms with Crippen molar-refractivity contribution < 1.29 is 14.7 Å². The standard InChI is InChI=1S/C14H24N2O3/c1-14(2)9-16(10-6-4-5-7-10)13(19)11(15(14)3)8-12(17)18/h10-11H,4-9H2,1-3H3,(H,17,18). The van der Waals surface area contributed by atoms with Crippen molar-refractivity contribution >= 4 is 11.9 Å². The van der Waals surface area contributed by atoms with Crippen LogP contribution in [0.1, 0.15) is 46.0 Å². The van der Waals surface area contributed by atoms with Crippen LogP contribution in [0, 0.1) is 0 Å². The van der Waals surface area contributed by atoms with Crippen LogP contribution in [-0.2, 0) is 9.59 Å². The predicted molar refractivity (Wildman–Crippen MR) is 71.9 cm³/mol. The number of carboxylic acids is 1. The van der Waals surface area contributed by atoms with E-state index in [1.165, 1.54) is 12.8 Å². The summed E-state index contributed by atoms with van der Waals surface area (Å²) in [5, 5.41) is 9.03. The minimum Gasteiger partial charge on any atom is -0.481 e. The molecule has 2 rings (SSSR count). The Kier molecular flexibility index (Phi) is 3.85. The van der Waals surface area contributed by atoms with E-state index in [1.54, 1.807) is 0 Å². The first-order chi connectivity index (χ1) is 8.83. The molecule has 0 aromatic carbocycles. The van der Waals surface area contributed by atoms with Gasteiger partial charge in [-0.15, -0.1) is 0 Å². The highest BCUT2D eigenvalue weighted by Gasteiger charge is 2.46. The van der Waals surface area contributed by atoms with Crippen molar-refractivity contribution in [1.29, 1.82) is 0 Å². The van der Waals surface area contributed by atoms with Crippen LogP contribution < -0.4 is 0 Å². The maximum atomic E-state index is 12.6. The van der Waals surface area contributed by atoms with Gasteiger partial charge in [-0.3, -0.25) is 14.5 Å². The van der Waals surface area contributed by atoms with Crippen LogP contribution in [-0.4, -0.2) is 58.0 Å². The lowest BCUT2D eigenvalue weighted by Gasteiger charge is -2.50. The lowest BCUT2D eigenvalue weighted by molar-refractivity contribution is -0.157. The molecule has 1 unspecified atom stereocenters. The minimum absolute atomic E-state index is 0.00359. The summed E-state index contributed by atoms with van der Waals surface area (Å²) in [5.74, 6) is -0.912. The maximum Gasteiger partial charge on any atom is 0.305 e. The largest absolute Gasteiger partial charge is 0.481 e. The smallest absolute Gasteiger partial charge is 0.305 e. The van der Waals surface area contributed by atoms with Gasteiger partial charge in [0.1, 0.15) is 6.04 Å². The van der Waals surface area contributed by atoms with Crippen LogP contribution in [0.4, 0.5) is 0 Å². The third-order valence-electron chi connectivity index (χ3n) is 4.68. The number of amides is 1. The number of piperazine rings is 1. The average Bonchev–Trinajstić information content (AvgIpc) is 2.83. The van der Waals surface area contributed by atoms with Crippen molar-refractivity contribution in [3.8, 4) is 0 Å². The Hall–Kier alpha value is -1.10. The molecule has 1 N–H and O–H groups in total. The molecule has 1 heterocycles. The van der Waals surface area contributed by atoms with E-state index in [-0.39, 0.29) is 17.9 Å². The van der Waals surface area contributed by atoms with E-state index in [0.29, 0.717) is 12.6 Å². The molecule has 2 fully saturated rings. The van der Waals surface area contributed by atoms with Crippen molar-refractivity contribution in [2.24, 2.45) is 0 Å². The highest BCUT2D eigenvalue weighted by molar-refractivity contribution is 5.87. The Morgan fingerprint density at radius 2 is 1.95 bits per heavy atom. The second-order valence-electron chi connectivity index (χ2n) is 6.44. The average molecular weight is 268 g/mol. The van der Waals surface area contributed by atoms with E-state index >= 15 is 0 Å². The van der Waals surface area contributed by atoms with Crippen molar-refractivity contribution in [3.63, 3.8) is 0 Å². The number of aliphatic carboxylic acids is 1. The molecular weight excluding hydrogens is 244 g/mol. The Balaban J connectivity index is 2.21. The predicted octanol–water partition coefficient (Wildman–Crippen LogP) is 1.32. The fourth-order valence-corrected chi connectivity index (χ4v) is 3.30. The zero-order valence-corrected chi connectivity index (χ0v) is 12.1. The third kappa shape index (κ3) is 2.76. The molecular formula is C14H24N2O3. The van der Waals surface area contributed by atoms with E-state index < -0.39 is 12.0 Å². The molecule has 0 radical (unpaired) electrons. The van der Waals surface area contributed by atoms with Crippen LogP contribution in [0.25, 0.3) is 0 Å². The molecule has 1 saturated heterocycles. The van der Waals surface area contributed by atoms with Gasteiger partial charge in [0.2, 0.25) is 5.91 Å². The quantitative estimate of drug-likeness (QED) is 0.838. The lowest BCUT2D eigenvalue weighted by atomic mass is 9.92. The molecule has 1 amide bonds. The number of likely N-dealkylation sites (N-methyl/N-ethyl adjacent to an activating group) is 1. The second kappa shape index (κ2) is 5.12. The highest BCUT2D eigenvalue weighted by Crippen LogP contribution is 2.32. The van der Waals surface area contributed by atoms with Gasteiger partial charge >= 0.3 is 5.97 Å². The van der Waals surface area contributed by atoms with Gasteiger partial charge in [-0.1, -0.05) is 12.8 Å². The molecule has 0 spiro atoms. The number of rotatable bonds is 3. The number of nitrogens with zero attached hydrogens (tertiary/aromatic N) is 2. The summed E-state index contributed by atoms with van der Waals surface area (Å²) in [4.78, 5) is 27.4. The number of hydrogen-bond acceptors (Lipinski definition) is 3. The summed E-state index contributed by atoms with van der Waals surface area (Å²) in [7, 11) is 1.86. The van der Waals surface area contributed by atoms with Crippen molar-refractivity contribution in [2.45, 2.75) is 63.6 Å². The molecule has 1 aliphatic carbocycles. The van der Waals surface area contributed by atoms with Gasteiger partial charge in [0.15, 0.2) is 0 Å². The summed E-state index contributed by atoms with van der Waals surface area (Å²) in [6, 6.07) is -0.210. The topological polar surface area (TPSA) is 60.9 Å². The molecule has 2 aliphatic rings. The Morgan fingerprint density at radius 3 is 2.47 bits per heavy atom. The van der Waals surface area contributed by atoms with E-state index in [9.17, 15) is 9.59 Å². The van der Waals surface area contributed by atoms with Gasteiger partial charge in [0.25, 0.3) is 0 Å². The molecule has 19 heavy (non-hydrogen) atoms. The second-order valence-corrected chi connectivity index (χ2v) is 6.44. The van der Waals surface area contributed by atoms with Crippen LogP contribution >= 0.6 is 0 Å². The molecule has 1 saturated carbocycles. The van der Waals surface area contributed by atoms with Crippen LogP contribution in [0.3, 0.4) is 0 Å². The summed E-state index contributed by atoms with van der Waals surface area (Å²) in [6.07, 6.45) is 4.36. The molecule has 1 aliphatic heterocycles. The maximum absolute atomic E-state index is 12.6. The summed E-state index contributed by atoms with van der Waals surface area (Å²) in [5.41, 5.74) is -0.170. The Labute approximate surface area is 114 Å². The van der Waals surface area contributed by atoms with E-state index in [0.717, 1.165) is 12.8 Å². The van der Waals surface area contributed by atoms with Crippen LogP contribution in [0.2, 0.25) is 0 Å². The van der Waals surface area contributed by atoms with Gasteiger partial charge in [-0.25, -0.2) is 0 Å². The molecule has 0 aromatic rings. The first-order valence-electron chi connectivity index (χ1n) is 7.08. The molecule has 5 nitrogen and oxygen atoms in total. The van der Waals surface area contributed by atoms with Gasteiger partial charge < -0.3 is 10.0 Å². The van der Waals surface area contributed by atoms with E-state index in [2.05, 4.69) is 13.8 Å². The number of carbonyl (C=O) groups is 2. The first-order valence-corrected chi connectivity index (χ1v) is 7.08. The zero-order chi connectivity index (χ0) is 14.2. The molecule has 0 bridgehead atoms. The third-order valence-corrected chi connectivity index (χ3v) is 4.68. The van der Waals surface area contributed by atoms with Crippen LogP contribution in [0.15, 0.2) is 0 Å². The Bertz CT molecular complexity index is 375.